The van der Waals surface area contributed by atoms with Gasteiger partial charge in [-0.05, 0) is 12.5 Å². The molecule has 0 saturated carbocycles. The molecule has 22 heavy (non-hydrogen) atoms. The number of quaternary nitrogens is 1. The average Bonchev–Trinajstić information content (AvgIpc) is 2.58. The summed E-state index contributed by atoms with van der Waals surface area (Å²) >= 11 is 0. The van der Waals surface area contributed by atoms with E-state index in [0.29, 0.717) is 12.1 Å². The highest BCUT2D eigenvalue weighted by Gasteiger charge is 2.46. The van der Waals surface area contributed by atoms with Gasteiger partial charge in [0, 0.05) is 5.56 Å². The van der Waals surface area contributed by atoms with Gasteiger partial charge in [0.05, 0.1) is 33.2 Å². The lowest BCUT2D eigenvalue weighted by molar-refractivity contribution is -0.998. The lowest BCUT2D eigenvalue weighted by Crippen LogP contribution is -2.64. The molecule has 0 bridgehead atoms. The van der Waals surface area contributed by atoms with Crippen LogP contribution in [0.1, 0.15) is 30.5 Å². The summed E-state index contributed by atoms with van der Waals surface area (Å²) in [7, 11) is 2.37. The highest BCUT2D eigenvalue weighted by Crippen LogP contribution is 2.38. The molecule has 3 rings (SSSR count). The van der Waals surface area contributed by atoms with E-state index in [2.05, 4.69) is 68.6 Å². The van der Waals surface area contributed by atoms with Gasteiger partial charge in [-0.15, -0.1) is 0 Å². The molecule has 1 saturated heterocycles. The molecule has 2 aromatic rings. The second kappa shape index (κ2) is 6.64. The molecule has 2 heteroatoms. The second-order valence-corrected chi connectivity index (χ2v) is 6.60. The van der Waals surface area contributed by atoms with Crippen LogP contribution in [-0.4, -0.2) is 30.7 Å². The Morgan fingerprint density at radius 1 is 1.05 bits per heavy atom. The number of rotatable bonds is 6. The van der Waals surface area contributed by atoms with E-state index in [4.69, 9.17) is 4.74 Å². The summed E-state index contributed by atoms with van der Waals surface area (Å²) in [4.78, 5) is 0. The molecular weight excluding hydrogens is 270 g/mol. The van der Waals surface area contributed by atoms with E-state index < -0.39 is 0 Å². The first kappa shape index (κ1) is 15.3. The summed E-state index contributed by atoms with van der Waals surface area (Å²) in [6.45, 7) is 5.16. The Kier molecular flexibility index (Phi) is 4.60. The standard InChI is InChI=1S/C20H26NO/c1-17(19-11-7-4-8-12-19)21(2)14-13-20(21)16-22-15-18-9-5-3-6-10-18/h3-12,17,20H,13-16H2,1-2H3/q+1/t17-,20-,21-/m0/s1. The third-order valence-corrected chi connectivity index (χ3v) is 5.37. The number of hydrogen-bond acceptors (Lipinski definition) is 1. The Hall–Kier alpha value is -1.64. The van der Waals surface area contributed by atoms with Crippen molar-refractivity contribution < 1.29 is 9.22 Å². The highest BCUT2D eigenvalue weighted by atomic mass is 16.5. The van der Waals surface area contributed by atoms with E-state index in [0.717, 1.165) is 17.7 Å². The first-order valence-electron chi connectivity index (χ1n) is 8.21. The monoisotopic (exact) mass is 296 g/mol. The maximum atomic E-state index is 5.99. The van der Waals surface area contributed by atoms with Crippen LogP contribution in [0.25, 0.3) is 0 Å². The van der Waals surface area contributed by atoms with Gasteiger partial charge >= 0.3 is 0 Å². The van der Waals surface area contributed by atoms with Crippen LogP contribution in [0.4, 0.5) is 0 Å². The molecule has 116 valence electrons. The molecule has 0 spiro atoms. The van der Waals surface area contributed by atoms with E-state index in [1.807, 2.05) is 6.07 Å². The van der Waals surface area contributed by atoms with Gasteiger partial charge in [-0.2, -0.15) is 0 Å². The molecule has 0 N–H and O–H groups in total. The van der Waals surface area contributed by atoms with Gasteiger partial charge < -0.3 is 9.22 Å². The number of nitrogens with zero attached hydrogens (tertiary/aromatic N) is 1. The average molecular weight is 296 g/mol. The van der Waals surface area contributed by atoms with Crippen LogP contribution in [0.5, 0.6) is 0 Å². The quantitative estimate of drug-likeness (QED) is 0.727. The van der Waals surface area contributed by atoms with Gasteiger partial charge in [0.1, 0.15) is 12.1 Å². The summed E-state index contributed by atoms with van der Waals surface area (Å²) in [5.74, 6) is 0. The molecule has 1 heterocycles. The molecule has 1 fully saturated rings. The van der Waals surface area contributed by atoms with Crippen LogP contribution >= 0.6 is 0 Å². The first-order chi connectivity index (χ1) is 10.7. The van der Waals surface area contributed by atoms with Crippen molar-refractivity contribution in [2.75, 3.05) is 20.2 Å². The lowest BCUT2D eigenvalue weighted by Gasteiger charge is -2.53. The van der Waals surface area contributed by atoms with E-state index in [1.165, 1.54) is 24.1 Å². The van der Waals surface area contributed by atoms with Crippen molar-refractivity contribution in [2.24, 2.45) is 0 Å². The maximum Gasteiger partial charge on any atom is 0.118 e. The van der Waals surface area contributed by atoms with Gasteiger partial charge in [0.25, 0.3) is 0 Å². The summed E-state index contributed by atoms with van der Waals surface area (Å²) in [5.41, 5.74) is 2.69. The third kappa shape index (κ3) is 3.08. The number of hydrogen-bond donors (Lipinski definition) is 0. The highest BCUT2D eigenvalue weighted by molar-refractivity contribution is 5.17. The van der Waals surface area contributed by atoms with Crippen LogP contribution in [0.3, 0.4) is 0 Å². The molecule has 0 radical (unpaired) electrons. The zero-order valence-corrected chi connectivity index (χ0v) is 13.6. The fraction of sp³-hybridized carbons (Fsp3) is 0.400. The Bertz CT molecular complexity index is 583. The Balaban J connectivity index is 1.56. The molecule has 0 aliphatic carbocycles. The Labute approximate surface area is 133 Å². The van der Waals surface area contributed by atoms with Gasteiger partial charge in [0.15, 0.2) is 0 Å². The third-order valence-electron chi connectivity index (χ3n) is 5.37. The lowest BCUT2D eigenvalue weighted by atomic mass is 9.92. The second-order valence-electron chi connectivity index (χ2n) is 6.60. The van der Waals surface area contributed by atoms with Crippen molar-refractivity contribution in [2.45, 2.75) is 32.0 Å². The minimum atomic E-state index is 0.528. The van der Waals surface area contributed by atoms with Gasteiger partial charge in [-0.25, -0.2) is 0 Å². The topological polar surface area (TPSA) is 9.23 Å². The fourth-order valence-corrected chi connectivity index (χ4v) is 3.44. The van der Waals surface area contributed by atoms with E-state index in [9.17, 15) is 0 Å². The van der Waals surface area contributed by atoms with Crippen LogP contribution in [0.2, 0.25) is 0 Å². The van der Waals surface area contributed by atoms with Crippen LogP contribution in [0.15, 0.2) is 60.7 Å². The van der Waals surface area contributed by atoms with Gasteiger partial charge in [-0.1, -0.05) is 60.7 Å². The maximum absolute atomic E-state index is 5.99. The minimum absolute atomic E-state index is 0.528. The number of likely N-dealkylation sites (N-methyl/N-ethyl adjacent to an activating group) is 1. The molecular formula is C20H26NO+. The summed E-state index contributed by atoms with van der Waals surface area (Å²) in [5, 5.41) is 0. The van der Waals surface area contributed by atoms with Crippen molar-refractivity contribution in [3.05, 3.63) is 71.8 Å². The van der Waals surface area contributed by atoms with Crippen molar-refractivity contribution in [1.29, 1.82) is 0 Å². The summed E-state index contributed by atoms with van der Waals surface area (Å²) in [6.07, 6.45) is 1.27. The number of benzene rings is 2. The predicted molar refractivity (Wildman–Crippen MR) is 90.4 cm³/mol. The van der Waals surface area contributed by atoms with Crippen molar-refractivity contribution in [3.63, 3.8) is 0 Å². The van der Waals surface area contributed by atoms with Crippen LogP contribution in [-0.2, 0) is 11.3 Å². The summed E-state index contributed by atoms with van der Waals surface area (Å²) in [6, 6.07) is 22.4. The number of likely N-dealkylation sites (tertiary alicyclic amines) is 1. The summed E-state index contributed by atoms with van der Waals surface area (Å²) < 4.78 is 7.09. The molecule has 0 amide bonds. The fourth-order valence-electron chi connectivity index (χ4n) is 3.44. The van der Waals surface area contributed by atoms with E-state index in [1.54, 1.807) is 0 Å². The smallest absolute Gasteiger partial charge is 0.118 e. The van der Waals surface area contributed by atoms with Crippen LogP contribution < -0.4 is 0 Å². The van der Waals surface area contributed by atoms with Gasteiger partial charge in [0.2, 0.25) is 0 Å². The van der Waals surface area contributed by atoms with Gasteiger partial charge in [-0.3, -0.25) is 0 Å². The molecule has 0 unspecified atom stereocenters. The Morgan fingerprint density at radius 3 is 2.27 bits per heavy atom. The van der Waals surface area contributed by atoms with Crippen molar-refractivity contribution >= 4 is 0 Å². The molecule has 3 atom stereocenters. The molecule has 2 nitrogen and oxygen atoms in total. The zero-order valence-electron chi connectivity index (χ0n) is 13.6. The zero-order chi connectivity index (χ0) is 15.4. The largest absolute Gasteiger partial charge is 0.371 e. The molecule has 0 aromatic heterocycles. The minimum Gasteiger partial charge on any atom is -0.371 e. The normalized spacial score (nSPS) is 25.5. The SMILES string of the molecule is C[C@@H](c1ccccc1)[N@+]1(C)CC[C@H]1COCc1ccccc1. The molecule has 1 aliphatic rings. The van der Waals surface area contributed by atoms with Crippen molar-refractivity contribution in [3.8, 4) is 0 Å². The van der Waals surface area contributed by atoms with E-state index >= 15 is 0 Å². The van der Waals surface area contributed by atoms with Crippen LogP contribution in [0, 0.1) is 0 Å². The predicted octanol–water partition coefficient (Wildman–Crippen LogP) is 4.18. The van der Waals surface area contributed by atoms with E-state index in [-0.39, 0.29) is 0 Å². The first-order valence-corrected chi connectivity index (χ1v) is 8.21. The molecule has 1 aliphatic heterocycles. The Morgan fingerprint density at radius 2 is 1.68 bits per heavy atom. The molecule has 2 aromatic carbocycles. The number of ether oxygens (including phenoxy) is 1. The van der Waals surface area contributed by atoms with Crippen molar-refractivity contribution in [1.82, 2.24) is 0 Å².